The van der Waals surface area contributed by atoms with Crippen molar-refractivity contribution in [2.24, 2.45) is 0 Å². The van der Waals surface area contributed by atoms with Crippen LogP contribution >= 0.6 is 0 Å². The zero-order valence-corrected chi connectivity index (χ0v) is 16.0. The van der Waals surface area contributed by atoms with E-state index in [2.05, 4.69) is 59.4 Å². The highest BCUT2D eigenvalue weighted by Gasteiger charge is 2.17. The molecule has 27 heavy (non-hydrogen) atoms. The molecule has 0 saturated heterocycles. The van der Waals surface area contributed by atoms with Crippen molar-refractivity contribution >= 4 is 17.5 Å². The van der Waals surface area contributed by atoms with E-state index in [1.165, 1.54) is 16.7 Å². The predicted molar refractivity (Wildman–Crippen MR) is 109 cm³/mol. The molecule has 0 amide bonds. The summed E-state index contributed by atoms with van der Waals surface area (Å²) < 4.78 is 5.47. The number of ether oxygens (including phenoxy) is 1. The number of aromatic nitrogens is 2. The van der Waals surface area contributed by atoms with Crippen LogP contribution in [-0.4, -0.2) is 23.6 Å². The lowest BCUT2D eigenvalue weighted by molar-refractivity contribution is 0.411. The number of hydrogen-bond donors (Lipinski definition) is 1. The molecular weight excluding hydrogens is 336 g/mol. The lowest BCUT2D eigenvalue weighted by atomic mass is 10.00. The quantitative estimate of drug-likeness (QED) is 0.747. The van der Waals surface area contributed by atoms with Crippen LogP contribution in [0.25, 0.3) is 0 Å². The normalized spacial score (nSPS) is 13.2. The van der Waals surface area contributed by atoms with Crippen molar-refractivity contribution in [1.82, 2.24) is 9.97 Å². The van der Waals surface area contributed by atoms with Crippen molar-refractivity contribution < 1.29 is 4.74 Å². The van der Waals surface area contributed by atoms with E-state index in [4.69, 9.17) is 9.72 Å². The van der Waals surface area contributed by atoms with Gasteiger partial charge in [-0.2, -0.15) is 4.98 Å². The van der Waals surface area contributed by atoms with Gasteiger partial charge in [0.1, 0.15) is 11.6 Å². The van der Waals surface area contributed by atoms with Gasteiger partial charge in [-0.05, 0) is 54.7 Å². The number of fused-ring (bicyclic) bond motifs is 1. The molecule has 0 bridgehead atoms. The first-order valence-electron chi connectivity index (χ1n) is 9.21. The molecule has 0 aliphatic carbocycles. The number of nitrogens with one attached hydrogen (secondary N) is 1. The molecule has 4 rings (SSSR count). The van der Waals surface area contributed by atoms with Crippen LogP contribution in [0.4, 0.5) is 17.5 Å². The summed E-state index contributed by atoms with van der Waals surface area (Å²) in [5.41, 5.74) is 6.04. The van der Waals surface area contributed by atoms with E-state index in [0.717, 1.165) is 42.3 Å². The third-order valence-corrected chi connectivity index (χ3v) is 5.19. The van der Waals surface area contributed by atoms with Crippen LogP contribution in [-0.2, 0) is 13.0 Å². The number of methoxy groups -OCH3 is 1. The van der Waals surface area contributed by atoms with E-state index in [-0.39, 0.29) is 0 Å². The van der Waals surface area contributed by atoms with Gasteiger partial charge in [0.25, 0.3) is 0 Å². The Morgan fingerprint density at radius 3 is 2.70 bits per heavy atom. The fourth-order valence-electron chi connectivity index (χ4n) is 3.52. The van der Waals surface area contributed by atoms with Crippen LogP contribution in [0.3, 0.4) is 0 Å². The van der Waals surface area contributed by atoms with Crippen molar-refractivity contribution in [1.29, 1.82) is 0 Å². The average Bonchev–Trinajstić information content (AvgIpc) is 2.70. The van der Waals surface area contributed by atoms with Gasteiger partial charge in [-0.15, -0.1) is 0 Å². The molecule has 5 nitrogen and oxygen atoms in total. The largest absolute Gasteiger partial charge is 0.496 e. The number of aryl methyl sites for hydroxylation is 1. The van der Waals surface area contributed by atoms with Gasteiger partial charge in [0.2, 0.25) is 5.95 Å². The van der Waals surface area contributed by atoms with Gasteiger partial charge < -0.3 is 15.0 Å². The molecule has 1 aliphatic heterocycles. The Labute approximate surface area is 160 Å². The minimum Gasteiger partial charge on any atom is -0.496 e. The van der Waals surface area contributed by atoms with Gasteiger partial charge in [-0.25, -0.2) is 4.98 Å². The average molecular weight is 360 g/mol. The van der Waals surface area contributed by atoms with Crippen LogP contribution in [0.5, 0.6) is 5.75 Å². The summed E-state index contributed by atoms with van der Waals surface area (Å²) in [6.07, 6.45) is 2.85. The van der Waals surface area contributed by atoms with Gasteiger partial charge in [0, 0.05) is 31.0 Å². The second kappa shape index (κ2) is 7.27. The Bertz CT molecular complexity index is 970. The zero-order valence-electron chi connectivity index (χ0n) is 16.0. The molecule has 1 aliphatic rings. The van der Waals surface area contributed by atoms with Crippen LogP contribution in [0, 0.1) is 13.8 Å². The van der Waals surface area contributed by atoms with Gasteiger partial charge in [-0.3, -0.25) is 0 Å². The molecule has 0 saturated carbocycles. The van der Waals surface area contributed by atoms with Crippen molar-refractivity contribution in [2.45, 2.75) is 26.8 Å². The summed E-state index contributed by atoms with van der Waals surface area (Å²) in [4.78, 5) is 11.4. The van der Waals surface area contributed by atoms with Crippen molar-refractivity contribution in [2.75, 3.05) is 23.9 Å². The Balaban J connectivity index is 1.56. The van der Waals surface area contributed by atoms with Gasteiger partial charge in [0.15, 0.2) is 0 Å². The summed E-state index contributed by atoms with van der Waals surface area (Å²) in [6, 6.07) is 14.7. The summed E-state index contributed by atoms with van der Waals surface area (Å²) in [7, 11) is 1.69. The highest BCUT2D eigenvalue weighted by Crippen LogP contribution is 2.28. The van der Waals surface area contributed by atoms with Gasteiger partial charge >= 0.3 is 0 Å². The second-order valence-electron chi connectivity index (χ2n) is 6.92. The predicted octanol–water partition coefficient (Wildman–Crippen LogP) is 4.41. The smallest absolute Gasteiger partial charge is 0.229 e. The maximum Gasteiger partial charge on any atom is 0.229 e. The lowest BCUT2D eigenvalue weighted by Gasteiger charge is -2.29. The summed E-state index contributed by atoms with van der Waals surface area (Å²) in [5, 5.41) is 3.32. The summed E-state index contributed by atoms with van der Waals surface area (Å²) >= 11 is 0. The molecule has 0 radical (unpaired) electrons. The minimum absolute atomic E-state index is 0.594. The number of rotatable bonds is 4. The topological polar surface area (TPSA) is 50.3 Å². The Kier molecular flexibility index (Phi) is 4.67. The van der Waals surface area contributed by atoms with E-state index in [9.17, 15) is 0 Å². The molecule has 0 atom stereocenters. The molecule has 0 spiro atoms. The number of nitrogens with zero attached hydrogens (tertiary/aromatic N) is 3. The molecule has 0 fully saturated rings. The fourth-order valence-corrected chi connectivity index (χ4v) is 3.52. The first-order valence-corrected chi connectivity index (χ1v) is 9.21. The lowest BCUT2D eigenvalue weighted by Crippen LogP contribution is -2.31. The monoisotopic (exact) mass is 360 g/mol. The summed E-state index contributed by atoms with van der Waals surface area (Å²) in [5.74, 6) is 2.40. The van der Waals surface area contributed by atoms with Crippen LogP contribution < -0.4 is 15.0 Å². The minimum atomic E-state index is 0.594. The third-order valence-electron chi connectivity index (χ3n) is 5.19. The van der Waals surface area contributed by atoms with Crippen molar-refractivity contribution in [3.63, 3.8) is 0 Å². The summed E-state index contributed by atoms with van der Waals surface area (Å²) in [6.45, 7) is 5.98. The van der Waals surface area contributed by atoms with E-state index >= 15 is 0 Å². The maximum atomic E-state index is 5.47. The standard InChI is InChI=1S/C22H24N4O/c1-15-12-19(13-20(27-3)16(15)2)24-22-23-10-8-21(25-22)26-11-9-17-6-4-5-7-18(17)14-26/h4-8,10,12-13H,9,11,14H2,1-3H3,(H,23,24,25). The molecule has 0 unspecified atom stereocenters. The first kappa shape index (κ1) is 17.3. The molecule has 3 aromatic rings. The third kappa shape index (κ3) is 3.58. The van der Waals surface area contributed by atoms with E-state index in [0.29, 0.717) is 5.95 Å². The highest BCUT2D eigenvalue weighted by molar-refractivity contribution is 5.61. The molecular formula is C22H24N4O. The molecule has 2 aromatic carbocycles. The second-order valence-corrected chi connectivity index (χ2v) is 6.92. The Morgan fingerprint density at radius 1 is 1.07 bits per heavy atom. The van der Waals surface area contributed by atoms with E-state index < -0.39 is 0 Å². The number of hydrogen-bond acceptors (Lipinski definition) is 5. The molecule has 2 heterocycles. The van der Waals surface area contributed by atoms with Crippen LogP contribution in [0.15, 0.2) is 48.7 Å². The van der Waals surface area contributed by atoms with E-state index in [1.807, 2.05) is 18.3 Å². The molecule has 1 aromatic heterocycles. The van der Waals surface area contributed by atoms with Crippen molar-refractivity contribution in [3.05, 3.63) is 70.9 Å². The fraction of sp³-hybridized carbons (Fsp3) is 0.273. The van der Waals surface area contributed by atoms with Gasteiger partial charge in [0.05, 0.1) is 7.11 Å². The zero-order chi connectivity index (χ0) is 18.8. The SMILES string of the molecule is COc1cc(Nc2nccc(N3CCc4ccccc4C3)n2)cc(C)c1C. The Hall–Kier alpha value is -3.08. The molecule has 5 heteroatoms. The van der Waals surface area contributed by atoms with E-state index in [1.54, 1.807) is 7.11 Å². The van der Waals surface area contributed by atoms with Crippen LogP contribution in [0.2, 0.25) is 0 Å². The van der Waals surface area contributed by atoms with Crippen LogP contribution in [0.1, 0.15) is 22.3 Å². The Morgan fingerprint density at radius 2 is 1.89 bits per heavy atom. The maximum absolute atomic E-state index is 5.47. The first-order chi connectivity index (χ1) is 13.1. The highest BCUT2D eigenvalue weighted by atomic mass is 16.5. The van der Waals surface area contributed by atoms with Crippen molar-refractivity contribution in [3.8, 4) is 5.75 Å². The number of benzene rings is 2. The molecule has 1 N–H and O–H groups in total. The molecule has 138 valence electrons. The van der Waals surface area contributed by atoms with Gasteiger partial charge in [-0.1, -0.05) is 24.3 Å². The number of anilines is 3.